The molecule has 1 aromatic heterocycles. The number of hydrogen-bond acceptors (Lipinski definition) is 5. The number of urea groups is 1. The molecule has 3 amide bonds. The van der Waals surface area contributed by atoms with Gasteiger partial charge in [-0.15, -0.1) is 0 Å². The van der Waals surface area contributed by atoms with E-state index in [-0.39, 0.29) is 0 Å². The summed E-state index contributed by atoms with van der Waals surface area (Å²) in [5.74, 6) is -1.82. The molecule has 1 aliphatic carbocycles. The predicted molar refractivity (Wildman–Crippen MR) is 141 cm³/mol. The molecular weight excluding hydrogens is 501 g/mol. The lowest BCUT2D eigenvalue weighted by atomic mass is 9.86. The van der Waals surface area contributed by atoms with Crippen LogP contribution >= 0.6 is 23.2 Å². The standard InChI is InChI=1S/C27H25Cl2N3O4/c1-14(2)24(25(33)32-27(30)35)36-26(34)21-17-9-3-4-12-20(17)31-23-16(8-5-10-18(21)23)13-15-7-6-11-19(28)22(15)29/h3-4,6-7,9,11-14,24H,5,8,10H2,1-2H3,(H3,30,32,33,35)/b16-13+/t24-/m0/s1. The number of esters is 1. The Balaban J connectivity index is 1.84. The molecule has 7 nitrogen and oxygen atoms in total. The van der Waals surface area contributed by atoms with Gasteiger partial charge < -0.3 is 10.5 Å². The molecule has 0 unspecified atom stereocenters. The molecule has 4 rings (SSSR count). The van der Waals surface area contributed by atoms with Crippen LogP contribution in [0.4, 0.5) is 4.79 Å². The minimum Gasteiger partial charge on any atom is -0.448 e. The van der Waals surface area contributed by atoms with Crippen LogP contribution in [0.25, 0.3) is 22.6 Å². The van der Waals surface area contributed by atoms with Crippen molar-refractivity contribution in [1.82, 2.24) is 10.3 Å². The van der Waals surface area contributed by atoms with Gasteiger partial charge in [-0.1, -0.05) is 67.4 Å². The van der Waals surface area contributed by atoms with Gasteiger partial charge in [0.2, 0.25) is 0 Å². The summed E-state index contributed by atoms with van der Waals surface area (Å²) >= 11 is 12.6. The van der Waals surface area contributed by atoms with E-state index in [0.717, 1.165) is 29.5 Å². The summed E-state index contributed by atoms with van der Waals surface area (Å²) in [5.41, 5.74) is 9.18. The lowest BCUT2D eigenvalue weighted by Crippen LogP contribution is -2.45. The fourth-order valence-corrected chi connectivity index (χ4v) is 4.75. The number of fused-ring (bicyclic) bond motifs is 2. The van der Waals surface area contributed by atoms with Crippen LogP contribution in [0.15, 0.2) is 42.5 Å². The number of ether oxygens (including phenoxy) is 1. The SMILES string of the molecule is CC(C)[C@H](OC(=O)c1c2c(nc3ccccc13)/C(=C/c1cccc(Cl)c1Cl)CCC2)C(=O)NC(N)=O. The van der Waals surface area contributed by atoms with Crippen molar-refractivity contribution in [2.45, 2.75) is 39.2 Å². The van der Waals surface area contributed by atoms with Crippen molar-refractivity contribution in [3.8, 4) is 0 Å². The number of rotatable bonds is 5. The second-order valence-corrected chi connectivity index (χ2v) is 9.71. The fourth-order valence-electron chi connectivity index (χ4n) is 4.39. The molecule has 0 fully saturated rings. The molecule has 0 saturated heterocycles. The number of primary amides is 1. The molecule has 1 heterocycles. The fraction of sp³-hybridized carbons (Fsp3) is 0.259. The minimum atomic E-state index is -1.20. The predicted octanol–water partition coefficient (Wildman–Crippen LogP) is 5.79. The smallest absolute Gasteiger partial charge is 0.339 e. The number of pyridine rings is 1. The highest BCUT2D eigenvalue weighted by molar-refractivity contribution is 6.43. The maximum atomic E-state index is 13.6. The summed E-state index contributed by atoms with van der Waals surface area (Å²) in [7, 11) is 0. The van der Waals surface area contributed by atoms with Crippen molar-refractivity contribution in [2.75, 3.05) is 0 Å². The van der Waals surface area contributed by atoms with E-state index in [0.29, 0.717) is 38.6 Å². The summed E-state index contributed by atoms with van der Waals surface area (Å²) in [6, 6.07) is 11.7. The average molecular weight is 526 g/mol. The van der Waals surface area contributed by atoms with Crippen LogP contribution in [0.5, 0.6) is 0 Å². The van der Waals surface area contributed by atoms with Crippen LogP contribution in [0.1, 0.15) is 53.9 Å². The molecule has 2 aromatic carbocycles. The zero-order valence-electron chi connectivity index (χ0n) is 19.8. The number of imide groups is 1. The Hall–Kier alpha value is -3.42. The molecule has 0 spiro atoms. The number of allylic oxidation sites excluding steroid dienone is 1. The second-order valence-electron chi connectivity index (χ2n) is 8.92. The number of aromatic nitrogens is 1. The Morgan fingerprint density at radius 2 is 1.83 bits per heavy atom. The monoisotopic (exact) mass is 525 g/mol. The number of nitrogens with two attached hydrogens (primary N) is 1. The van der Waals surface area contributed by atoms with E-state index in [2.05, 4.69) is 0 Å². The average Bonchev–Trinajstić information content (AvgIpc) is 2.83. The number of amides is 3. The molecule has 0 radical (unpaired) electrons. The largest absolute Gasteiger partial charge is 0.448 e. The first-order chi connectivity index (χ1) is 17.2. The summed E-state index contributed by atoms with van der Waals surface area (Å²) in [6.07, 6.45) is 2.88. The Kier molecular flexibility index (Phi) is 7.62. The van der Waals surface area contributed by atoms with Crippen molar-refractivity contribution < 1.29 is 19.1 Å². The summed E-state index contributed by atoms with van der Waals surface area (Å²) in [4.78, 5) is 42.2. The van der Waals surface area contributed by atoms with Crippen LogP contribution in [0, 0.1) is 5.92 Å². The molecule has 3 N–H and O–H groups in total. The van der Waals surface area contributed by atoms with E-state index in [1.807, 2.05) is 41.7 Å². The van der Waals surface area contributed by atoms with E-state index in [1.165, 1.54) is 0 Å². The summed E-state index contributed by atoms with van der Waals surface area (Å²) in [6.45, 7) is 3.43. The number of halogens is 2. The lowest BCUT2D eigenvalue weighted by molar-refractivity contribution is -0.130. The van der Waals surface area contributed by atoms with Gasteiger partial charge in [0.1, 0.15) is 0 Å². The first-order valence-electron chi connectivity index (χ1n) is 11.5. The quantitative estimate of drug-likeness (QED) is 0.409. The number of para-hydroxylation sites is 1. The van der Waals surface area contributed by atoms with Gasteiger partial charge in [0.05, 0.1) is 26.8 Å². The number of hydrogen-bond donors (Lipinski definition) is 2. The third kappa shape index (κ3) is 5.22. The number of carbonyl (C=O) groups is 3. The van der Waals surface area contributed by atoms with E-state index >= 15 is 0 Å². The van der Waals surface area contributed by atoms with Crippen molar-refractivity contribution in [3.63, 3.8) is 0 Å². The van der Waals surface area contributed by atoms with Gasteiger partial charge in [0.25, 0.3) is 5.91 Å². The highest BCUT2D eigenvalue weighted by Crippen LogP contribution is 2.38. The topological polar surface area (TPSA) is 111 Å². The van der Waals surface area contributed by atoms with Crippen LogP contribution in [0.2, 0.25) is 10.0 Å². The van der Waals surface area contributed by atoms with Gasteiger partial charge in [-0.25, -0.2) is 14.6 Å². The van der Waals surface area contributed by atoms with Crippen molar-refractivity contribution in [2.24, 2.45) is 11.7 Å². The molecule has 1 atom stereocenters. The minimum absolute atomic E-state index is 0.357. The number of benzene rings is 2. The maximum absolute atomic E-state index is 13.6. The van der Waals surface area contributed by atoms with Gasteiger partial charge >= 0.3 is 12.0 Å². The lowest BCUT2D eigenvalue weighted by Gasteiger charge is -2.25. The zero-order chi connectivity index (χ0) is 26.0. The molecule has 0 aliphatic heterocycles. The molecule has 36 heavy (non-hydrogen) atoms. The summed E-state index contributed by atoms with van der Waals surface area (Å²) in [5, 5.41) is 3.52. The van der Waals surface area contributed by atoms with Crippen LogP contribution in [-0.2, 0) is 16.0 Å². The van der Waals surface area contributed by atoms with Crippen molar-refractivity contribution >= 4 is 63.7 Å². The third-order valence-electron chi connectivity index (χ3n) is 6.03. The molecule has 9 heteroatoms. The van der Waals surface area contributed by atoms with E-state index in [4.69, 9.17) is 38.7 Å². The molecule has 3 aromatic rings. The Bertz CT molecular complexity index is 1400. The van der Waals surface area contributed by atoms with E-state index in [9.17, 15) is 14.4 Å². The second kappa shape index (κ2) is 10.7. The van der Waals surface area contributed by atoms with Crippen molar-refractivity contribution in [3.05, 3.63) is 74.9 Å². The molecule has 0 saturated carbocycles. The Morgan fingerprint density at radius 3 is 2.56 bits per heavy atom. The third-order valence-corrected chi connectivity index (χ3v) is 6.86. The van der Waals surface area contributed by atoms with Gasteiger partial charge in [-0.05, 0) is 60.1 Å². The summed E-state index contributed by atoms with van der Waals surface area (Å²) < 4.78 is 5.68. The van der Waals surface area contributed by atoms with Gasteiger partial charge in [-0.2, -0.15) is 0 Å². The van der Waals surface area contributed by atoms with Crippen LogP contribution < -0.4 is 11.1 Å². The highest BCUT2D eigenvalue weighted by atomic mass is 35.5. The Morgan fingerprint density at radius 1 is 1.08 bits per heavy atom. The van der Waals surface area contributed by atoms with Crippen molar-refractivity contribution in [1.29, 1.82) is 0 Å². The molecule has 1 aliphatic rings. The van der Waals surface area contributed by atoms with Crippen LogP contribution in [0.3, 0.4) is 0 Å². The van der Waals surface area contributed by atoms with Crippen LogP contribution in [-0.4, -0.2) is 29.0 Å². The molecular formula is C27H25Cl2N3O4. The number of nitrogens with zero attached hydrogens (tertiary/aromatic N) is 1. The highest BCUT2D eigenvalue weighted by Gasteiger charge is 2.31. The van der Waals surface area contributed by atoms with E-state index < -0.39 is 29.9 Å². The van der Waals surface area contributed by atoms with Gasteiger partial charge in [-0.3, -0.25) is 10.1 Å². The maximum Gasteiger partial charge on any atom is 0.339 e. The van der Waals surface area contributed by atoms with E-state index in [1.54, 1.807) is 26.0 Å². The number of carbonyl (C=O) groups excluding carboxylic acids is 3. The number of nitrogens with one attached hydrogen (secondary N) is 1. The first kappa shape index (κ1) is 25.7. The van der Waals surface area contributed by atoms with Gasteiger partial charge in [0, 0.05) is 5.39 Å². The first-order valence-corrected chi connectivity index (χ1v) is 12.3. The molecule has 0 bridgehead atoms. The van der Waals surface area contributed by atoms with Gasteiger partial charge in [0.15, 0.2) is 6.10 Å². The Labute approximate surface area is 218 Å². The normalized spacial score (nSPS) is 15.0. The zero-order valence-corrected chi connectivity index (χ0v) is 21.3. The molecule has 186 valence electrons.